The van der Waals surface area contributed by atoms with Gasteiger partial charge in [-0.1, -0.05) is 72.8 Å². The minimum atomic E-state index is -1.04. The van der Waals surface area contributed by atoms with Crippen molar-refractivity contribution in [2.45, 2.75) is 5.25 Å². The predicted molar refractivity (Wildman–Crippen MR) is 80.9 cm³/mol. The molecule has 0 fully saturated rings. The van der Waals surface area contributed by atoms with Crippen molar-refractivity contribution in [3.05, 3.63) is 90.0 Å². The third kappa shape index (κ3) is 2.45. The Balaban J connectivity index is 1.97. The lowest BCUT2D eigenvalue weighted by atomic mass is 10.1. The summed E-state index contributed by atoms with van der Waals surface area (Å²) < 4.78 is 12.7. The van der Waals surface area contributed by atoms with E-state index in [4.69, 9.17) is 0 Å². The van der Waals surface area contributed by atoms with E-state index in [-0.39, 0.29) is 5.25 Å². The molecule has 94 valence electrons. The summed E-state index contributed by atoms with van der Waals surface area (Å²) in [7, 11) is -1.04. The molecule has 1 heterocycles. The summed E-state index contributed by atoms with van der Waals surface area (Å²) in [6, 6.07) is 19.9. The Hall–Kier alpha value is -1.93. The molecule has 0 spiro atoms. The van der Waals surface area contributed by atoms with Gasteiger partial charge in [-0.2, -0.15) is 0 Å². The molecule has 0 aliphatic carbocycles. The molecule has 0 aromatic heterocycles. The van der Waals surface area contributed by atoms with Crippen LogP contribution in [0.2, 0.25) is 0 Å². The first-order chi connectivity index (χ1) is 9.36. The summed E-state index contributed by atoms with van der Waals surface area (Å²) >= 11 is 0. The topological polar surface area (TPSA) is 17.1 Å². The fraction of sp³-hybridized carbons (Fsp3) is 0.0588. The third-order valence-electron chi connectivity index (χ3n) is 3.17. The van der Waals surface area contributed by atoms with Gasteiger partial charge in [0.05, 0.1) is 16.0 Å². The highest BCUT2D eigenvalue weighted by Gasteiger charge is 2.22. The zero-order valence-corrected chi connectivity index (χ0v) is 11.2. The number of benzene rings is 2. The van der Waals surface area contributed by atoms with Crippen LogP contribution in [0.1, 0.15) is 16.4 Å². The van der Waals surface area contributed by atoms with Crippen molar-refractivity contribution in [3.63, 3.8) is 0 Å². The van der Waals surface area contributed by atoms with Gasteiger partial charge in [0.2, 0.25) is 0 Å². The van der Waals surface area contributed by atoms with Crippen molar-refractivity contribution < 1.29 is 4.21 Å². The normalized spacial score (nSPS) is 22.0. The van der Waals surface area contributed by atoms with Gasteiger partial charge in [-0.15, -0.1) is 0 Å². The molecule has 0 N–H and O–H groups in total. The Morgan fingerprint density at radius 2 is 1.47 bits per heavy atom. The zero-order valence-electron chi connectivity index (χ0n) is 10.4. The summed E-state index contributed by atoms with van der Waals surface area (Å²) in [4.78, 5) is 0.900. The van der Waals surface area contributed by atoms with Crippen LogP contribution in [0.4, 0.5) is 0 Å². The lowest BCUT2D eigenvalue weighted by molar-refractivity contribution is 0.685. The van der Waals surface area contributed by atoms with Gasteiger partial charge in [0, 0.05) is 4.91 Å². The van der Waals surface area contributed by atoms with E-state index in [9.17, 15) is 4.21 Å². The Morgan fingerprint density at radius 1 is 0.842 bits per heavy atom. The summed E-state index contributed by atoms with van der Waals surface area (Å²) in [5.41, 5.74) is 2.13. The molecule has 0 radical (unpaired) electrons. The summed E-state index contributed by atoms with van der Waals surface area (Å²) in [5, 5.41) is -0.0543. The lowest BCUT2D eigenvalue weighted by Crippen LogP contribution is -2.08. The summed E-state index contributed by atoms with van der Waals surface area (Å²) in [6.45, 7) is 0. The molecule has 19 heavy (non-hydrogen) atoms. The minimum Gasteiger partial charge on any atom is -0.253 e. The van der Waals surface area contributed by atoms with Crippen LogP contribution in [0.15, 0.2) is 78.9 Å². The second-order valence-corrected chi connectivity index (χ2v) is 5.95. The van der Waals surface area contributed by atoms with Crippen molar-refractivity contribution in [3.8, 4) is 0 Å². The molecule has 2 atom stereocenters. The van der Waals surface area contributed by atoms with Gasteiger partial charge in [-0.25, -0.2) is 0 Å². The van der Waals surface area contributed by atoms with Crippen LogP contribution in [0.5, 0.6) is 0 Å². The molecular weight excluding hydrogens is 252 g/mol. The zero-order chi connectivity index (χ0) is 13.1. The van der Waals surface area contributed by atoms with Crippen molar-refractivity contribution in [1.82, 2.24) is 0 Å². The van der Waals surface area contributed by atoms with Crippen molar-refractivity contribution in [2.75, 3.05) is 0 Å². The first-order valence-corrected chi connectivity index (χ1v) is 7.47. The van der Waals surface area contributed by atoms with E-state index in [2.05, 4.69) is 0 Å². The molecule has 2 aromatic rings. The summed E-state index contributed by atoms with van der Waals surface area (Å²) in [6.07, 6.45) is 5.96. The Morgan fingerprint density at radius 3 is 2.16 bits per heavy atom. The third-order valence-corrected chi connectivity index (χ3v) is 4.86. The molecule has 2 heteroatoms. The van der Waals surface area contributed by atoms with Crippen molar-refractivity contribution >= 4 is 15.7 Å². The average molecular weight is 266 g/mol. The molecule has 0 amide bonds. The molecular formula is C17H14OS. The molecule has 1 nitrogen and oxygen atoms in total. The largest absolute Gasteiger partial charge is 0.253 e. The van der Waals surface area contributed by atoms with Crippen LogP contribution in [0, 0.1) is 0 Å². The molecule has 2 unspecified atom stereocenters. The van der Waals surface area contributed by atoms with Crippen molar-refractivity contribution in [2.24, 2.45) is 0 Å². The van der Waals surface area contributed by atoms with Gasteiger partial charge < -0.3 is 0 Å². The van der Waals surface area contributed by atoms with Crippen LogP contribution < -0.4 is 0 Å². The van der Waals surface area contributed by atoms with Crippen molar-refractivity contribution in [1.29, 1.82) is 0 Å². The monoisotopic (exact) mass is 266 g/mol. The van der Waals surface area contributed by atoms with E-state index in [1.165, 1.54) is 0 Å². The maximum Gasteiger partial charge on any atom is 0.0827 e. The molecule has 0 saturated heterocycles. The smallest absolute Gasteiger partial charge is 0.0827 e. The highest BCUT2D eigenvalue weighted by atomic mass is 32.2. The van der Waals surface area contributed by atoms with Crippen LogP contribution in [0.25, 0.3) is 4.91 Å². The number of rotatable bonds is 2. The van der Waals surface area contributed by atoms with Crippen LogP contribution in [-0.4, -0.2) is 4.21 Å². The van der Waals surface area contributed by atoms with Gasteiger partial charge in [-0.3, -0.25) is 4.21 Å². The quantitative estimate of drug-likeness (QED) is 0.800. The van der Waals surface area contributed by atoms with Gasteiger partial charge in [0.25, 0.3) is 0 Å². The molecule has 3 rings (SSSR count). The average Bonchev–Trinajstić information content (AvgIpc) is 2.49. The van der Waals surface area contributed by atoms with E-state index in [1.54, 1.807) is 0 Å². The first-order valence-electron chi connectivity index (χ1n) is 6.26. The fourth-order valence-corrected chi connectivity index (χ4v) is 3.70. The van der Waals surface area contributed by atoms with E-state index < -0.39 is 10.8 Å². The maximum absolute atomic E-state index is 12.7. The SMILES string of the molecule is O=S1C(c2ccccc2)=CC=CC1c1ccccc1. The number of allylic oxidation sites excluding steroid dienone is 2. The van der Waals surface area contributed by atoms with Gasteiger partial charge in [-0.05, 0) is 17.2 Å². The van der Waals surface area contributed by atoms with E-state index in [0.717, 1.165) is 16.0 Å². The molecule has 0 saturated carbocycles. The number of hydrogen-bond acceptors (Lipinski definition) is 1. The predicted octanol–water partition coefficient (Wildman–Crippen LogP) is 4.09. The molecule has 2 aromatic carbocycles. The highest BCUT2D eigenvalue weighted by Crippen LogP contribution is 2.33. The highest BCUT2D eigenvalue weighted by molar-refractivity contribution is 7.95. The Bertz CT molecular complexity index is 641. The van der Waals surface area contributed by atoms with Gasteiger partial charge in [0.1, 0.15) is 0 Å². The maximum atomic E-state index is 12.7. The molecule has 1 aliphatic heterocycles. The second-order valence-electron chi connectivity index (χ2n) is 4.41. The first kappa shape index (κ1) is 12.1. The Kier molecular flexibility index (Phi) is 3.43. The fourth-order valence-electron chi connectivity index (χ4n) is 2.21. The van der Waals surface area contributed by atoms with Crippen LogP contribution >= 0.6 is 0 Å². The van der Waals surface area contributed by atoms with E-state index in [1.807, 2.05) is 78.9 Å². The second kappa shape index (κ2) is 5.37. The van der Waals surface area contributed by atoms with Gasteiger partial charge in [0.15, 0.2) is 0 Å². The Labute approximate surface area is 115 Å². The molecule has 1 aliphatic rings. The number of hydrogen-bond donors (Lipinski definition) is 0. The molecule has 0 bridgehead atoms. The van der Waals surface area contributed by atoms with Crippen LogP contribution in [-0.2, 0) is 10.8 Å². The van der Waals surface area contributed by atoms with Crippen LogP contribution in [0.3, 0.4) is 0 Å². The summed E-state index contributed by atoms with van der Waals surface area (Å²) in [5.74, 6) is 0. The van der Waals surface area contributed by atoms with E-state index in [0.29, 0.717) is 0 Å². The van der Waals surface area contributed by atoms with E-state index >= 15 is 0 Å². The minimum absolute atomic E-state index is 0.0543. The standard InChI is InChI=1S/C17H14OS/c18-19-16(14-8-3-1-4-9-14)12-7-13-17(19)15-10-5-2-6-11-15/h1-13,16H. The lowest BCUT2D eigenvalue weighted by Gasteiger charge is -2.18. The van der Waals surface area contributed by atoms with Gasteiger partial charge >= 0.3 is 0 Å².